The average Bonchev–Trinajstić information content (AvgIpc) is 3.35. The summed E-state index contributed by atoms with van der Waals surface area (Å²) in [5.41, 5.74) is 1.95. The maximum atomic E-state index is 14.2. The van der Waals surface area contributed by atoms with Crippen molar-refractivity contribution in [1.82, 2.24) is 14.7 Å². The van der Waals surface area contributed by atoms with Crippen LogP contribution < -0.4 is 4.90 Å². The number of nitro groups is 1. The Morgan fingerprint density at radius 2 is 1.61 bits per heavy atom. The van der Waals surface area contributed by atoms with Gasteiger partial charge in [-0.1, -0.05) is 18.2 Å². The van der Waals surface area contributed by atoms with Gasteiger partial charge in [-0.05, 0) is 48.5 Å². The van der Waals surface area contributed by atoms with Crippen LogP contribution in [0.4, 0.5) is 20.2 Å². The summed E-state index contributed by atoms with van der Waals surface area (Å²) in [6, 6.07) is 19.7. The molecule has 0 bridgehead atoms. The van der Waals surface area contributed by atoms with Crippen LogP contribution in [0.2, 0.25) is 0 Å². The number of carbonyl (C=O) groups excluding carboxylic acids is 1. The third-order valence-corrected chi connectivity index (χ3v) is 6.11. The summed E-state index contributed by atoms with van der Waals surface area (Å²) in [6.07, 6.45) is 0. The van der Waals surface area contributed by atoms with E-state index in [0.717, 1.165) is 0 Å². The van der Waals surface area contributed by atoms with E-state index in [1.807, 2.05) is 4.90 Å². The van der Waals surface area contributed by atoms with Crippen LogP contribution in [0.1, 0.15) is 10.5 Å². The van der Waals surface area contributed by atoms with E-state index in [9.17, 15) is 23.7 Å². The molecule has 1 aliphatic heterocycles. The summed E-state index contributed by atoms with van der Waals surface area (Å²) in [6.45, 7) is 1.61. The van der Waals surface area contributed by atoms with Crippen molar-refractivity contribution >= 4 is 17.3 Å². The number of nitro benzene ring substituents is 1. The second-order valence-electron chi connectivity index (χ2n) is 8.34. The molecular weight excluding hydrogens is 468 g/mol. The van der Waals surface area contributed by atoms with E-state index < -0.39 is 10.7 Å². The maximum Gasteiger partial charge on any atom is 0.272 e. The first-order chi connectivity index (χ1) is 17.4. The Morgan fingerprint density at radius 3 is 2.31 bits per heavy atom. The summed E-state index contributed by atoms with van der Waals surface area (Å²) < 4.78 is 29.0. The van der Waals surface area contributed by atoms with Gasteiger partial charge in [-0.15, -0.1) is 0 Å². The largest absolute Gasteiger partial charge is 0.366 e. The minimum atomic E-state index is -0.517. The molecule has 0 radical (unpaired) electrons. The van der Waals surface area contributed by atoms with Gasteiger partial charge in [-0.25, -0.2) is 13.5 Å². The molecule has 36 heavy (non-hydrogen) atoms. The number of nitrogens with zero attached hydrogens (tertiary/aromatic N) is 5. The van der Waals surface area contributed by atoms with Crippen molar-refractivity contribution in [3.63, 3.8) is 0 Å². The number of anilines is 1. The van der Waals surface area contributed by atoms with Gasteiger partial charge in [0, 0.05) is 43.9 Å². The van der Waals surface area contributed by atoms with Gasteiger partial charge in [0.25, 0.3) is 11.6 Å². The Hall–Kier alpha value is -4.60. The molecule has 1 aromatic heterocycles. The van der Waals surface area contributed by atoms with E-state index in [-0.39, 0.29) is 23.1 Å². The molecule has 0 unspecified atom stereocenters. The summed E-state index contributed by atoms with van der Waals surface area (Å²) in [4.78, 5) is 27.9. The second-order valence-corrected chi connectivity index (χ2v) is 8.34. The smallest absolute Gasteiger partial charge is 0.272 e. The fraction of sp³-hybridized carbons (Fsp3) is 0.154. The van der Waals surface area contributed by atoms with E-state index >= 15 is 0 Å². The number of benzene rings is 3. The number of halogens is 2. The van der Waals surface area contributed by atoms with E-state index in [1.54, 1.807) is 47.4 Å². The average molecular weight is 489 g/mol. The highest BCUT2D eigenvalue weighted by molar-refractivity contribution is 5.94. The zero-order valence-electron chi connectivity index (χ0n) is 19.1. The minimum Gasteiger partial charge on any atom is -0.366 e. The lowest BCUT2D eigenvalue weighted by atomic mass is 10.1. The van der Waals surface area contributed by atoms with Crippen molar-refractivity contribution in [3.8, 4) is 16.9 Å². The Labute approximate surface area is 205 Å². The molecule has 8 nitrogen and oxygen atoms in total. The topological polar surface area (TPSA) is 84.5 Å². The van der Waals surface area contributed by atoms with Gasteiger partial charge < -0.3 is 9.80 Å². The van der Waals surface area contributed by atoms with E-state index in [4.69, 9.17) is 0 Å². The molecule has 0 spiro atoms. The van der Waals surface area contributed by atoms with Crippen LogP contribution in [-0.4, -0.2) is 51.7 Å². The first-order valence-corrected chi connectivity index (χ1v) is 11.3. The lowest BCUT2D eigenvalue weighted by molar-refractivity contribution is -0.384. The van der Waals surface area contributed by atoms with Crippen LogP contribution in [0.15, 0.2) is 78.9 Å². The lowest BCUT2D eigenvalue weighted by Gasteiger charge is -2.36. The van der Waals surface area contributed by atoms with Crippen molar-refractivity contribution in [2.24, 2.45) is 0 Å². The van der Waals surface area contributed by atoms with Crippen LogP contribution in [0.3, 0.4) is 0 Å². The van der Waals surface area contributed by atoms with Crippen LogP contribution in [0.5, 0.6) is 0 Å². The number of rotatable bonds is 5. The Balaban J connectivity index is 1.47. The molecule has 5 rings (SSSR count). The first kappa shape index (κ1) is 23.2. The fourth-order valence-electron chi connectivity index (χ4n) is 4.25. The van der Waals surface area contributed by atoms with Crippen LogP contribution in [-0.2, 0) is 0 Å². The molecule has 0 aliphatic carbocycles. The van der Waals surface area contributed by atoms with Gasteiger partial charge >= 0.3 is 0 Å². The number of amides is 1. The summed E-state index contributed by atoms with van der Waals surface area (Å²) in [5.74, 6) is -1.03. The van der Waals surface area contributed by atoms with Gasteiger partial charge in [0.05, 0.1) is 22.0 Å². The highest BCUT2D eigenvalue weighted by Crippen LogP contribution is 2.26. The SMILES string of the molecule is O=C(c1cc(-c2ccc(F)cc2)nn1-c1cccc([N+](=O)[O-])c1)N1CCN(c2ccccc2F)CC1. The number of hydrogen-bond donors (Lipinski definition) is 0. The molecule has 2 heterocycles. The molecule has 1 fully saturated rings. The number of carbonyl (C=O) groups is 1. The molecule has 0 atom stereocenters. The Bertz CT molecular complexity index is 1430. The summed E-state index contributed by atoms with van der Waals surface area (Å²) in [7, 11) is 0. The quantitative estimate of drug-likeness (QED) is 0.300. The predicted molar refractivity (Wildman–Crippen MR) is 130 cm³/mol. The predicted octanol–water partition coefficient (Wildman–Crippen LogP) is 4.69. The molecule has 1 saturated heterocycles. The third kappa shape index (κ3) is 4.52. The number of non-ortho nitro benzene ring substituents is 1. The molecule has 10 heteroatoms. The highest BCUT2D eigenvalue weighted by Gasteiger charge is 2.27. The van der Waals surface area contributed by atoms with Gasteiger partial charge in [-0.2, -0.15) is 5.10 Å². The molecule has 3 aromatic carbocycles. The number of para-hydroxylation sites is 1. The molecule has 4 aromatic rings. The van der Waals surface area contributed by atoms with Gasteiger partial charge in [0.15, 0.2) is 0 Å². The zero-order valence-corrected chi connectivity index (χ0v) is 19.1. The fourth-order valence-corrected chi connectivity index (χ4v) is 4.25. The second kappa shape index (κ2) is 9.57. The molecular formula is C26H21F2N5O3. The van der Waals surface area contributed by atoms with Crippen LogP contribution in [0.25, 0.3) is 16.9 Å². The summed E-state index contributed by atoms with van der Waals surface area (Å²) >= 11 is 0. The van der Waals surface area contributed by atoms with E-state index in [0.29, 0.717) is 48.8 Å². The van der Waals surface area contributed by atoms with Gasteiger partial charge in [0.2, 0.25) is 0 Å². The molecule has 182 valence electrons. The number of piperazine rings is 1. The zero-order chi connectivity index (χ0) is 25.2. The van der Waals surface area contributed by atoms with Crippen molar-refractivity contribution in [3.05, 3.63) is 106 Å². The van der Waals surface area contributed by atoms with Crippen molar-refractivity contribution < 1.29 is 18.5 Å². The molecule has 1 amide bonds. The molecule has 1 aliphatic rings. The van der Waals surface area contributed by atoms with Crippen molar-refractivity contribution in [2.45, 2.75) is 0 Å². The van der Waals surface area contributed by atoms with Gasteiger partial charge in [-0.3, -0.25) is 14.9 Å². The van der Waals surface area contributed by atoms with E-state index in [1.165, 1.54) is 41.1 Å². The monoisotopic (exact) mass is 489 g/mol. The van der Waals surface area contributed by atoms with E-state index in [2.05, 4.69) is 5.10 Å². The normalized spacial score (nSPS) is 13.6. The minimum absolute atomic E-state index is 0.136. The summed E-state index contributed by atoms with van der Waals surface area (Å²) in [5, 5.41) is 15.8. The van der Waals surface area contributed by atoms with Crippen LogP contribution in [0, 0.1) is 21.7 Å². The third-order valence-electron chi connectivity index (χ3n) is 6.11. The number of aromatic nitrogens is 2. The van der Waals surface area contributed by atoms with Gasteiger partial charge in [0.1, 0.15) is 17.3 Å². The standard InChI is InChI=1S/C26H21F2N5O3/c27-19-10-8-18(9-11-19)23-17-25(32(29-23)20-4-3-5-21(16-20)33(35)36)26(34)31-14-12-30(13-15-31)24-7-2-1-6-22(24)28/h1-11,16-17H,12-15H2. The Kier molecular flexibility index (Phi) is 6.16. The molecule has 0 saturated carbocycles. The highest BCUT2D eigenvalue weighted by atomic mass is 19.1. The Morgan fingerprint density at radius 1 is 0.889 bits per heavy atom. The number of hydrogen-bond acceptors (Lipinski definition) is 5. The van der Waals surface area contributed by atoms with Crippen molar-refractivity contribution in [2.75, 3.05) is 31.1 Å². The maximum absolute atomic E-state index is 14.2. The van der Waals surface area contributed by atoms with Crippen LogP contribution >= 0.6 is 0 Å². The first-order valence-electron chi connectivity index (χ1n) is 11.3. The van der Waals surface area contributed by atoms with Crippen molar-refractivity contribution in [1.29, 1.82) is 0 Å². The lowest BCUT2D eigenvalue weighted by Crippen LogP contribution is -2.49. The molecule has 0 N–H and O–H groups in total.